The van der Waals surface area contributed by atoms with Crippen molar-refractivity contribution in [1.29, 1.82) is 0 Å². The number of carbonyl (C=O) groups excluding carboxylic acids is 6. The van der Waals surface area contributed by atoms with Gasteiger partial charge in [-0.3, -0.25) is 29.7 Å². The Kier molecular flexibility index (Phi) is 65.3. The number of aromatic nitrogens is 5. The van der Waals surface area contributed by atoms with E-state index in [4.69, 9.17) is 9.84 Å². The van der Waals surface area contributed by atoms with E-state index in [2.05, 4.69) is 248 Å². The molecule has 149 heavy (non-hydrogen) atoms. The van der Waals surface area contributed by atoms with Crippen molar-refractivity contribution in [1.82, 2.24) is 24.9 Å². The van der Waals surface area contributed by atoms with Crippen LogP contribution in [0.15, 0.2) is 450 Å². The zero-order chi connectivity index (χ0) is 99.0. The number of hydrogen-bond donors (Lipinski definition) is 1. The Balaban J connectivity index is 0.000000860. The second kappa shape index (κ2) is 74.1. The third-order valence-electron chi connectivity index (χ3n) is 20.3. The standard InChI is InChI=1S/C27H24O2P.C18H15P.3C15H13NO2.C14H11NO2.C9H9BrO2.C6H5NO.5CH4.BrH.Li.2H2O/c1-29-27(28)23-13-11-12-22(20-23)21-30(24-14-5-2-6-15-24,25-16-7-3-8-17-25)26-18-9-4-10-19-26;1-4-10-16(11-5-1)19(17-12-6-2-7-13-17)18-14-8-3-9-15-18;3*1-18-15(17)13-6-4-5-12(11-13)8-9-14-7-2-3-10-16-14;16-14(17)12-5-3-4-11(10-12)7-8-13-6-1-2-9-15-13;1-12-9(11)8-4-2-3-7(5-8)6-10;8-5-6-3-1-2-4-7-6;;;;;;;;;/h2-20H,21H2,1H3;1-15H;3*2-11H,1H3;1-10H,(H,16,17);2-5H,6H2,1H3;1-5H;5*1H4;1H;;2*1H2/q+1;;;;;;;;;;;;;;+1;;/p-2/b;;2*9-8+;9-8-;8-7+;;;;;;;;;;;. The molecule has 0 saturated carbocycles. The summed E-state index contributed by atoms with van der Waals surface area (Å²) >= 11 is 3.31. The van der Waals surface area contributed by atoms with Gasteiger partial charge in [-0.1, -0.05) is 326 Å². The summed E-state index contributed by atoms with van der Waals surface area (Å²) in [6.07, 6.45) is 25.2. The molecule has 12 aromatic carbocycles. The first kappa shape index (κ1) is 131. The number of esters is 5. The van der Waals surface area contributed by atoms with Gasteiger partial charge in [-0.2, -0.15) is 0 Å². The number of pyridine rings is 5. The van der Waals surface area contributed by atoms with Gasteiger partial charge in [-0.15, -0.1) is 0 Å². The Bertz CT molecular complexity index is 6400. The number of benzene rings is 12. The Hall–Kier alpha value is -15.8. The van der Waals surface area contributed by atoms with Crippen LogP contribution in [0.4, 0.5) is 0 Å². The maximum absolute atomic E-state index is 12.1. The summed E-state index contributed by atoms with van der Waals surface area (Å²) in [4.78, 5) is 98.5. The third-order valence-corrected chi connectivity index (χ3v) is 27.8. The fraction of sp³-hybridized carbons (Fsp3) is 0.0968. The van der Waals surface area contributed by atoms with Gasteiger partial charge < -0.3 is 56.7 Å². The maximum atomic E-state index is 12.1. The summed E-state index contributed by atoms with van der Waals surface area (Å²) in [7, 11) is 4.49. The third kappa shape index (κ3) is 44.2. The smallest absolute Gasteiger partial charge is 1.00 e. The van der Waals surface area contributed by atoms with Crippen LogP contribution in [0.5, 0.6) is 0 Å². The first-order chi connectivity index (χ1) is 68.5. The fourth-order valence-electron chi connectivity index (χ4n) is 13.5. The molecule has 5 aromatic heterocycles. The number of carboxylic acid groups (broad SMARTS) is 1. The van der Waals surface area contributed by atoms with Gasteiger partial charge in [0.25, 0.3) is 0 Å². The van der Waals surface area contributed by atoms with Crippen LogP contribution in [0.2, 0.25) is 0 Å². The van der Waals surface area contributed by atoms with Gasteiger partial charge in [0.15, 0.2) is 6.29 Å². The average molecular weight is 2160 g/mol. The van der Waals surface area contributed by atoms with Crippen LogP contribution in [0.1, 0.15) is 166 Å². The van der Waals surface area contributed by atoms with E-state index in [1.165, 1.54) is 67.4 Å². The van der Waals surface area contributed by atoms with E-state index in [1.807, 2.05) is 194 Å². The Morgan fingerprint density at radius 1 is 0.289 bits per heavy atom. The molecule has 0 amide bonds. The molecule has 17 rings (SSSR count). The molecular weight excluding hydrogens is 2030 g/mol. The Morgan fingerprint density at radius 3 is 0.745 bits per heavy atom. The molecule has 4 N–H and O–H groups in total. The molecule has 0 spiro atoms. The van der Waals surface area contributed by atoms with E-state index in [1.54, 1.807) is 116 Å². The van der Waals surface area contributed by atoms with Crippen LogP contribution < -0.4 is 67.7 Å². The number of hydrogen-bond acceptors (Lipinski definition) is 18. The quantitative estimate of drug-likeness (QED) is 0.0147. The van der Waals surface area contributed by atoms with Crippen molar-refractivity contribution in [2.24, 2.45) is 0 Å². The first-order valence-electron chi connectivity index (χ1n) is 44.1. The number of aromatic carboxylic acids is 1. The average Bonchev–Trinajstić information content (AvgIpc) is 0.749. The van der Waals surface area contributed by atoms with Crippen LogP contribution >= 0.6 is 31.1 Å². The summed E-state index contributed by atoms with van der Waals surface area (Å²) in [5.74, 6) is -2.51. The predicted octanol–water partition coefficient (Wildman–Crippen LogP) is 19.9. The minimum Gasteiger partial charge on any atom is -1.00 e. The number of methoxy groups -OCH3 is 5. The SMILES string of the molecule is C.C.C.C.C.COC(=O)c1cccc(/C=C/c2ccccn2)c1.COC(=O)c1cccc(/C=C/c2ccccn2)c1.COC(=O)c1cccc(/C=C\c2ccccn2)c1.COC(=O)c1cccc(CBr)c1.COC(=O)c1cccc(C[P+](c2ccccc2)(c2ccccc2)c2ccccc2)c1.O.O=C(O)c1cccc(/C=C/c2ccccn2)c1.O=Cc1ccccn1.[Br-].[Li+].[OH-].c1ccc(P(c2ccccc2)c2ccccc2)cc1. The van der Waals surface area contributed by atoms with E-state index in [0.29, 0.717) is 33.5 Å². The van der Waals surface area contributed by atoms with Crippen LogP contribution in [0, 0.1) is 0 Å². The molecule has 0 saturated heterocycles. The van der Waals surface area contributed by atoms with Gasteiger partial charge in [-0.25, -0.2) is 28.8 Å². The molecule has 0 radical (unpaired) electrons. The number of carbonyl (C=O) groups is 7. The Morgan fingerprint density at radius 2 is 0.510 bits per heavy atom. The second-order valence-electron chi connectivity index (χ2n) is 29.8. The predicted molar refractivity (Wildman–Crippen MR) is 610 cm³/mol. The summed E-state index contributed by atoms with van der Waals surface area (Å²) in [6.45, 7) is 0. The first-order valence-corrected chi connectivity index (χ1v) is 48.5. The monoisotopic (exact) mass is 2150 g/mol. The van der Waals surface area contributed by atoms with Crippen LogP contribution in [0.3, 0.4) is 0 Å². The van der Waals surface area contributed by atoms with E-state index < -0.39 is 21.2 Å². The molecule has 0 unspecified atom stereocenters. The Labute approximate surface area is 909 Å². The van der Waals surface area contributed by atoms with E-state index in [9.17, 15) is 33.6 Å². The minimum absolute atomic E-state index is 0. The normalized spacial score (nSPS) is 9.82. The number of alkyl halides is 1. The van der Waals surface area contributed by atoms with Crippen molar-refractivity contribution in [2.75, 3.05) is 35.5 Å². The number of nitrogens with zero attached hydrogens (tertiary/aromatic N) is 5. The summed E-state index contributed by atoms with van der Waals surface area (Å²) in [5.41, 5.74) is 12.9. The van der Waals surface area contributed by atoms with Crippen molar-refractivity contribution in [3.05, 3.63) is 545 Å². The van der Waals surface area contributed by atoms with Crippen molar-refractivity contribution in [3.63, 3.8) is 0 Å². The van der Waals surface area contributed by atoms with E-state index >= 15 is 0 Å². The number of carboxylic acids is 1. The number of ether oxygens (including phenoxy) is 5. The van der Waals surface area contributed by atoms with Crippen molar-refractivity contribution >= 4 is 154 Å². The zero-order valence-corrected chi connectivity index (χ0v) is 85.0. The molecule has 0 aliphatic rings. The number of aldehydes is 1. The molecule has 0 aliphatic heterocycles. The molecule has 0 fully saturated rings. The zero-order valence-electron chi connectivity index (χ0n) is 80.0. The van der Waals surface area contributed by atoms with Crippen LogP contribution in [-0.2, 0) is 35.2 Å². The molecule has 0 atom stereocenters. The summed E-state index contributed by atoms with van der Waals surface area (Å²) < 4.78 is 23.6. The van der Waals surface area contributed by atoms with Gasteiger partial charge in [0, 0.05) is 36.3 Å². The molecule has 17 aromatic rings. The topological polar surface area (TPSA) is 312 Å². The van der Waals surface area contributed by atoms with Crippen molar-refractivity contribution in [3.8, 4) is 0 Å². The molecular formula is C124H126Br2LiN5O15P2. The minimum atomic E-state index is -1.99. The van der Waals surface area contributed by atoms with E-state index in [0.717, 1.165) is 73.9 Å². The molecule has 5 heterocycles. The fourth-order valence-corrected chi connectivity index (χ4v) is 20.4. The van der Waals surface area contributed by atoms with Gasteiger partial charge in [-0.05, 0) is 251 Å². The van der Waals surface area contributed by atoms with E-state index in [-0.39, 0.29) is 119 Å². The van der Waals surface area contributed by atoms with Gasteiger partial charge in [0.2, 0.25) is 0 Å². The van der Waals surface area contributed by atoms with Gasteiger partial charge in [0.1, 0.15) is 28.9 Å². The number of halogens is 2. The van der Waals surface area contributed by atoms with Crippen molar-refractivity contribution in [2.45, 2.75) is 48.6 Å². The maximum Gasteiger partial charge on any atom is 1.00 e. The molecule has 762 valence electrons. The number of rotatable bonds is 24. The second-order valence-corrected chi connectivity index (χ2v) is 36.1. The molecule has 20 nitrogen and oxygen atoms in total. The van der Waals surface area contributed by atoms with Crippen LogP contribution in [0.25, 0.3) is 48.6 Å². The molecule has 0 bridgehead atoms. The van der Waals surface area contributed by atoms with Gasteiger partial charge >= 0.3 is 54.7 Å². The largest absolute Gasteiger partial charge is 1.00 e. The molecule has 25 heteroatoms. The van der Waals surface area contributed by atoms with Gasteiger partial charge in [0.05, 0.1) is 97.9 Å². The van der Waals surface area contributed by atoms with Crippen LogP contribution in [-0.4, -0.2) is 119 Å². The summed E-state index contributed by atoms with van der Waals surface area (Å²) in [6, 6.07) is 136. The summed E-state index contributed by atoms with van der Waals surface area (Å²) in [5, 5.41) is 17.8. The van der Waals surface area contributed by atoms with Crippen molar-refractivity contribution < 1.29 is 109 Å². The molecule has 0 aliphatic carbocycles.